The topological polar surface area (TPSA) is 0 Å². The maximum atomic E-state index is 5.99. The molecule has 0 unspecified atom stereocenters. The molecule has 0 fully saturated rings. The third-order valence-corrected chi connectivity index (χ3v) is 2.54. The Hall–Kier alpha value is -0.348. The minimum atomic E-state index is 0. The molecule has 2 aromatic rings. The fourth-order valence-electron chi connectivity index (χ4n) is 1.40. The fraction of sp³-hybridized carbons (Fsp3) is 0.0909. The molecule has 0 amide bonds. The van der Waals surface area contributed by atoms with Gasteiger partial charge in [0.05, 0.1) is 0 Å². The van der Waals surface area contributed by atoms with Gasteiger partial charge in [0.25, 0.3) is 0 Å². The van der Waals surface area contributed by atoms with E-state index in [-0.39, 0.29) is 20.4 Å². The van der Waals surface area contributed by atoms with Crippen molar-refractivity contribution in [2.24, 2.45) is 0 Å². The average molecular weight is 283 g/mol. The van der Waals surface area contributed by atoms with Crippen molar-refractivity contribution in [2.45, 2.75) is 6.92 Å². The van der Waals surface area contributed by atoms with E-state index in [0.717, 1.165) is 10.6 Å². The number of fused-ring (bicyclic) bond motifs is 1. The van der Waals surface area contributed by atoms with E-state index in [4.69, 9.17) is 11.6 Å². The van der Waals surface area contributed by atoms with Gasteiger partial charge in [-0.2, -0.15) is 0 Å². The van der Waals surface area contributed by atoms with Gasteiger partial charge in [0, 0.05) is 5.02 Å². The van der Waals surface area contributed by atoms with Crippen LogP contribution >= 0.6 is 11.6 Å². The second-order valence-corrected chi connectivity index (χ2v) is 3.30. The van der Waals surface area contributed by atoms with Crippen molar-refractivity contribution in [3.05, 3.63) is 47.0 Å². The minimum absolute atomic E-state index is 0. The zero-order chi connectivity index (χ0) is 8.55. The molecule has 0 aromatic heterocycles. The first-order chi connectivity index (χ1) is 5.79. The maximum absolute atomic E-state index is 5.99. The van der Waals surface area contributed by atoms with Gasteiger partial charge in [0.2, 0.25) is 0 Å². The molecule has 0 spiro atoms. The normalized spacial score (nSPS) is 9.69. The standard InChI is InChI=1S/C11H9Cl.Pd/c1-8-10-5-3-2-4-9(10)6-7-11(8)12;/h2-7H,1H3;/q;+2. The summed E-state index contributed by atoms with van der Waals surface area (Å²) in [7, 11) is 0. The number of benzene rings is 2. The minimum Gasteiger partial charge on any atom is -0.0840 e. The van der Waals surface area contributed by atoms with Crippen LogP contribution in [0.15, 0.2) is 36.4 Å². The van der Waals surface area contributed by atoms with E-state index in [1.807, 2.05) is 31.2 Å². The molecule has 0 aliphatic rings. The van der Waals surface area contributed by atoms with E-state index in [2.05, 4.69) is 12.1 Å². The zero-order valence-electron chi connectivity index (χ0n) is 7.16. The summed E-state index contributed by atoms with van der Waals surface area (Å²) in [4.78, 5) is 0. The molecule has 0 radical (unpaired) electrons. The molecule has 0 aliphatic heterocycles. The van der Waals surface area contributed by atoms with Gasteiger partial charge in [-0.1, -0.05) is 41.9 Å². The summed E-state index contributed by atoms with van der Waals surface area (Å²) in [6.07, 6.45) is 0. The van der Waals surface area contributed by atoms with E-state index in [9.17, 15) is 0 Å². The van der Waals surface area contributed by atoms with Crippen LogP contribution < -0.4 is 0 Å². The van der Waals surface area contributed by atoms with Crippen LogP contribution in [0, 0.1) is 6.92 Å². The third-order valence-electron chi connectivity index (χ3n) is 2.13. The molecule has 0 saturated carbocycles. The maximum Gasteiger partial charge on any atom is 2.00 e. The summed E-state index contributed by atoms with van der Waals surface area (Å²) in [6.45, 7) is 2.05. The number of rotatable bonds is 0. The third kappa shape index (κ3) is 1.94. The van der Waals surface area contributed by atoms with E-state index < -0.39 is 0 Å². The van der Waals surface area contributed by atoms with Crippen molar-refractivity contribution >= 4 is 22.4 Å². The van der Waals surface area contributed by atoms with E-state index in [1.165, 1.54) is 10.8 Å². The van der Waals surface area contributed by atoms with Crippen molar-refractivity contribution in [1.82, 2.24) is 0 Å². The molecule has 0 saturated heterocycles. The van der Waals surface area contributed by atoms with Crippen LogP contribution in [0.3, 0.4) is 0 Å². The van der Waals surface area contributed by atoms with Gasteiger partial charge in [-0.15, -0.1) is 0 Å². The predicted molar refractivity (Wildman–Crippen MR) is 53.7 cm³/mol. The number of hydrogen-bond donors (Lipinski definition) is 0. The molecule has 0 nitrogen and oxygen atoms in total. The Kier molecular flexibility index (Phi) is 3.50. The second kappa shape index (κ2) is 4.24. The molecular weight excluding hydrogens is 274 g/mol. The van der Waals surface area contributed by atoms with Gasteiger partial charge < -0.3 is 0 Å². The van der Waals surface area contributed by atoms with Crippen molar-refractivity contribution in [3.8, 4) is 0 Å². The van der Waals surface area contributed by atoms with Crippen LogP contribution in [0.1, 0.15) is 5.56 Å². The van der Waals surface area contributed by atoms with Gasteiger partial charge in [-0.25, -0.2) is 0 Å². The summed E-state index contributed by atoms with van der Waals surface area (Å²) in [5.41, 5.74) is 1.16. The molecule has 0 N–H and O–H groups in total. The van der Waals surface area contributed by atoms with Crippen LogP contribution in [0.25, 0.3) is 10.8 Å². The molecular formula is C11H9ClPd+2. The largest absolute Gasteiger partial charge is 2.00 e. The van der Waals surface area contributed by atoms with Gasteiger partial charge >= 0.3 is 20.4 Å². The van der Waals surface area contributed by atoms with Crippen LogP contribution in [0.5, 0.6) is 0 Å². The van der Waals surface area contributed by atoms with Crippen molar-refractivity contribution in [1.29, 1.82) is 0 Å². The van der Waals surface area contributed by atoms with Crippen molar-refractivity contribution in [2.75, 3.05) is 0 Å². The summed E-state index contributed by atoms with van der Waals surface area (Å²) in [5, 5.41) is 3.33. The Morgan fingerprint density at radius 3 is 2.46 bits per heavy atom. The summed E-state index contributed by atoms with van der Waals surface area (Å²) in [6, 6.07) is 12.3. The summed E-state index contributed by atoms with van der Waals surface area (Å²) >= 11 is 5.99. The Bertz CT molecular complexity index is 423. The van der Waals surface area contributed by atoms with Gasteiger partial charge in [0.15, 0.2) is 0 Å². The fourth-order valence-corrected chi connectivity index (χ4v) is 1.57. The Balaban J connectivity index is 0.000000845. The Labute approximate surface area is 96.6 Å². The zero-order valence-corrected chi connectivity index (χ0v) is 9.47. The molecule has 2 aromatic carbocycles. The van der Waals surface area contributed by atoms with Crippen molar-refractivity contribution < 1.29 is 20.4 Å². The molecule has 2 rings (SSSR count). The van der Waals surface area contributed by atoms with Crippen LogP contribution in [0.2, 0.25) is 5.02 Å². The molecule has 0 atom stereocenters. The first-order valence-electron chi connectivity index (χ1n) is 3.93. The van der Waals surface area contributed by atoms with Crippen LogP contribution in [0.4, 0.5) is 0 Å². The monoisotopic (exact) mass is 282 g/mol. The van der Waals surface area contributed by atoms with E-state index in [1.54, 1.807) is 0 Å². The number of halogens is 1. The Morgan fingerprint density at radius 2 is 1.69 bits per heavy atom. The second-order valence-electron chi connectivity index (χ2n) is 2.89. The van der Waals surface area contributed by atoms with Crippen LogP contribution in [-0.2, 0) is 20.4 Å². The number of aryl methyl sites for hydroxylation is 1. The quantitative estimate of drug-likeness (QED) is 0.645. The summed E-state index contributed by atoms with van der Waals surface area (Å²) in [5.74, 6) is 0. The van der Waals surface area contributed by atoms with Crippen molar-refractivity contribution in [3.63, 3.8) is 0 Å². The first-order valence-corrected chi connectivity index (χ1v) is 4.30. The van der Waals surface area contributed by atoms with Crippen LogP contribution in [-0.4, -0.2) is 0 Å². The van der Waals surface area contributed by atoms with Gasteiger partial charge in [0.1, 0.15) is 0 Å². The SMILES string of the molecule is Cc1c(Cl)ccc2ccccc12.[Pd+2]. The molecule has 68 valence electrons. The smallest absolute Gasteiger partial charge is 0.0840 e. The predicted octanol–water partition coefficient (Wildman–Crippen LogP) is 3.80. The Morgan fingerprint density at radius 1 is 1.00 bits per heavy atom. The summed E-state index contributed by atoms with van der Waals surface area (Å²) < 4.78 is 0. The van der Waals surface area contributed by atoms with Gasteiger partial charge in [-0.3, -0.25) is 0 Å². The molecule has 2 heteroatoms. The van der Waals surface area contributed by atoms with E-state index in [0.29, 0.717) is 0 Å². The first kappa shape index (κ1) is 10.7. The average Bonchev–Trinajstić information content (AvgIpc) is 2.12. The molecule has 0 heterocycles. The van der Waals surface area contributed by atoms with E-state index >= 15 is 0 Å². The molecule has 0 bridgehead atoms. The molecule has 13 heavy (non-hydrogen) atoms. The van der Waals surface area contributed by atoms with Gasteiger partial charge in [-0.05, 0) is 29.3 Å². The molecule has 0 aliphatic carbocycles. The number of hydrogen-bond acceptors (Lipinski definition) is 0.